The van der Waals surface area contributed by atoms with Crippen molar-refractivity contribution in [2.75, 3.05) is 0 Å². The van der Waals surface area contributed by atoms with Crippen LogP contribution in [0.15, 0.2) is 254 Å². The summed E-state index contributed by atoms with van der Waals surface area (Å²) in [5.74, 6) is 0. The summed E-state index contributed by atoms with van der Waals surface area (Å²) in [7, 11) is 0. The predicted molar refractivity (Wildman–Crippen MR) is 293 cm³/mol. The molecule has 338 valence electrons. The predicted octanol–water partition coefficient (Wildman–Crippen LogP) is 17.0. The van der Waals surface area contributed by atoms with Gasteiger partial charge in [-0.05, 0) is 123 Å². The van der Waals surface area contributed by atoms with Crippen molar-refractivity contribution in [2.24, 2.45) is 0 Å². The molecule has 0 aliphatic carbocycles. The number of pyridine rings is 3. The summed E-state index contributed by atoms with van der Waals surface area (Å²) in [5, 5.41) is 2.25. The highest BCUT2D eigenvalue weighted by Gasteiger charge is 2.17. The Bertz CT molecular complexity index is 3670. The average Bonchev–Trinajstić information content (AvgIpc) is 3.83. The fourth-order valence-corrected chi connectivity index (χ4v) is 9.88. The molecule has 0 saturated heterocycles. The molecule has 12 rings (SSSR count). The van der Waals surface area contributed by atoms with E-state index in [1.807, 2.05) is 36.7 Å². The minimum Gasteiger partial charge on any atom is -0.456 e. The number of benzene rings is 8. The minimum absolute atomic E-state index is 0.884. The molecule has 0 bridgehead atoms. The number of rotatable bonds is 13. The number of furan rings is 1. The van der Waals surface area contributed by atoms with Crippen LogP contribution in [0.1, 0.15) is 22.3 Å². The van der Waals surface area contributed by atoms with E-state index < -0.39 is 0 Å². The third kappa shape index (κ3) is 9.32. The first-order valence-electron chi connectivity index (χ1n) is 24.5. The van der Waals surface area contributed by atoms with Gasteiger partial charge >= 0.3 is 0 Å². The van der Waals surface area contributed by atoms with Crippen LogP contribution in [0.3, 0.4) is 0 Å². The number of fused-ring (bicyclic) bond motifs is 3. The van der Waals surface area contributed by atoms with Crippen LogP contribution in [0.5, 0.6) is 0 Å². The molecule has 0 aliphatic rings. The molecular formula is C67H49N3O. The van der Waals surface area contributed by atoms with Crippen molar-refractivity contribution in [2.45, 2.75) is 25.7 Å². The van der Waals surface area contributed by atoms with Crippen LogP contribution in [-0.4, -0.2) is 15.0 Å². The number of aryl methyl sites for hydroxylation is 4. The van der Waals surface area contributed by atoms with Crippen molar-refractivity contribution in [3.05, 3.63) is 271 Å². The van der Waals surface area contributed by atoms with Crippen molar-refractivity contribution in [3.8, 4) is 78.3 Å². The molecule has 0 N–H and O–H groups in total. The second-order valence-corrected chi connectivity index (χ2v) is 18.3. The van der Waals surface area contributed by atoms with Crippen molar-refractivity contribution in [3.63, 3.8) is 0 Å². The van der Waals surface area contributed by atoms with E-state index in [1.165, 1.54) is 33.4 Å². The molecule has 0 radical (unpaired) electrons. The van der Waals surface area contributed by atoms with Gasteiger partial charge in [0.2, 0.25) is 0 Å². The molecule has 0 amide bonds. The Hall–Kier alpha value is -8.99. The Morgan fingerprint density at radius 1 is 0.254 bits per heavy atom. The second kappa shape index (κ2) is 19.6. The molecule has 0 saturated carbocycles. The van der Waals surface area contributed by atoms with Gasteiger partial charge in [0, 0.05) is 51.6 Å². The molecule has 0 aliphatic heterocycles. The van der Waals surface area contributed by atoms with Gasteiger partial charge in [0.05, 0.1) is 17.1 Å². The molecule has 4 aromatic heterocycles. The van der Waals surface area contributed by atoms with E-state index >= 15 is 0 Å². The van der Waals surface area contributed by atoms with Gasteiger partial charge in [-0.3, -0.25) is 15.0 Å². The van der Waals surface area contributed by atoms with Crippen LogP contribution < -0.4 is 0 Å². The zero-order chi connectivity index (χ0) is 47.3. The van der Waals surface area contributed by atoms with Crippen molar-refractivity contribution < 1.29 is 4.42 Å². The first-order valence-corrected chi connectivity index (χ1v) is 24.5. The maximum absolute atomic E-state index is 6.16. The summed E-state index contributed by atoms with van der Waals surface area (Å²) in [5.41, 5.74) is 22.2. The maximum atomic E-state index is 6.16. The number of hydrogen-bond donors (Lipinski definition) is 0. The van der Waals surface area contributed by atoms with Crippen LogP contribution in [0, 0.1) is 0 Å². The Balaban J connectivity index is 0.904. The molecule has 71 heavy (non-hydrogen) atoms. The summed E-state index contributed by atoms with van der Waals surface area (Å²) < 4.78 is 6.16. The molecule has 0 atom stereocenters. The molecule has 4 nitrogen and oxygen atoms in total. The summed E-state index contributed by atoms with van der Waals surface area (Å²) in [6.07, 6.45) is 9.69. The lowest BCUT2D eigenvalue weighted by Gasteiger charge is -2.18. The van der Waals surface area contributed by atoms with Gasteiger partial charge in [-0.2, -0.15) is 0 Å². The first-order chi connectivity index (χ1) is 35.1. The Labute approximate surface area is 414 Å². The third-order valence-corrected chi connectivity index (χ3v) is 13.7. The topological polar surface area (TPSA) is 51.8 Å². The van der Waals surface area contributed by atoms with E-state index in [0.717, 1.165) is 115 Å². The van der Waals surface area contributed by atoms with E-state index in [9.17, 15) is 0 Å². The summed E-state index contributed by atoms with van der Waals surface area (Å²) in [4.78, 5) is 14.9. The van der Waals surface area contributed by atoms with E-state index in [0.29, 0.717) is 0 Å². The number of nitrogens with zero attached hydrogens (tertiary/aromatic N) is 3. The number of aromatic nitrogens is 3. The average molecular weight is 912 g/mol. The smallest absolute Gasteiger partial charge is 0.135 e. The lowest BCUT2D eigenvalue weighted by molar-refractivity contribution is 0.669. The van der Waals surface area contributed by atoms with Crippen LogP contribution in [0.25, 0.3) is 100 Å². The zero-order valence-corrected chi connectivity index (χ0v) is 39.2. The highest BCUT2D eigenvalue weighted by atomic mass is 16.3. The van der Waals surface area contributed by atoms with Crippen molar-refractivity contribution in [1.82, 2.24) is 15.0 Å². The van der Waals surface area contributed by atoms with Gasteiger partial charge in [-0.1, -0.05) is 194 Å². The summed E-state index contributed by atoms with van der Waals surface area (Å²) in [6, 6.07) is 82.0. The molecular weight excluding hydrogens is 863 g/mol. The van der Waals surface area contributed by atoms with E-state index in [4.69, 9.17) is 19.4 Å². The van der Waals surface area contributed by atoms with Crippen molar-refractivity contribution >= 4 is 21.9 Å². The fourth-order valence-electron chi connectivity index (χ4n) is 9.88. The van der Waals surface area contributed by atoms with E-state index in [-0.39, 0.29) is 0 Å². The number of hydrogen-bond acceptors (Lipinski definition) is 4. The van der Waals surface area contributed by atoms with Gasteiger partial charge in [-0.25, -0.2) is 0 Å². The largest absolute Gasteiger partial charge is 0.456 e. The zero-order valence-electron chi connectivity index (χ0n) is 39.2. The SMILES string of the molecule is c1ccc(-c2ccc(CCc3cc(CCc4ccc(-c5ccccc5)nc4)cc(-c4ccccc4-c4cnc(-c5ccccc5)cc4-c4ccc(-c5ccc6oc7ccccc7c6c5)cc4)c3)cn2)cc1. The lowest BCUT2D eigenvalue weighted by atomic mass is 9.87. The molecule has 12 aromatic rings. The third-order valence-electron chi connectivity index (χ3n) is 13.7. The molecule has 0 spiro atoms. The van der Waals surface area contributed by atoms with Gasteiger partial charge in [0.15, 0.2) is 0 Å². The Kier molecular flexibility index (Phi) is 11.9. The highest BCUT2D eigenvalue weighted by molar-refractivity contribution is 6.06. The van der Waals surface area contributed by atoms with Crippen LogP contribution in [0.4, 0.5) is 0 Å². The minimum atomic E-state index is 0.884. The normalized spacial score (nSPS) is 11.3. The Morgan fingerprint density at radius 3 is 1.35 bits per heavy atom. The van der Waals surface area contributed by atoms with Gasteiger partial charge in [0.1, 0.15) is 11.2 Å². The highest BCUT2D eigenvalue weighted by Crippen LogP contribution is 2.41. The van der Waals surface area contributed by atoms with Crippen molar-refractivity contribution in [1.29, 1.82) is 0 Å². The first kappa shape index (κ1) is 43.3. The summed E-state index contributed by atoms with van der Waals surface area (Å²) >= 11 is 0. The second-order valence-electron chi connectivity index (χ2n) is 18.3. The molecule has 0 unspecified atom stereocenters. The van der Waals surface area contributed by atoms with Crippen LogP contribution in [0.2, 0.25) is 0 Å². The molecule has 0 fully saturated rings. The number of para-hydroxylation sites is 1. The molecule has 8 aromatic carbocycles. The maximum Gasteiger partial charge on any atom is 0.135 e. The monoisotopic (exact) mass is 911 g/mol. The fraction of sp³-hybridized carbons (Fsp3) is 0.0597. The van der Waals surface area contributed by atoms with Gasteiger partial charge in [-0.15, -0.1) is 0 Å². The van der Waals surface area contributed by atoms with Crippen LogP contribution in [-0.2, 0) is 25.7 Å². The standard InChI is InChI=1S/C67H49N3O/c1-4-14-52(15-5-1)63-35-28-46(43-68-63)24-26-48-38-49(27-25-47-29-36-64(69-44-47)53-16-6-2-7-17-53)40-56(39-48)57-20-10-11-21-58(57)62-45-70-65(54-18-8-3-9-19-54)42-60(62)51-32-30-50(31-33-51)55-34-37-67-61(41-55)59-22-12-13-23-66(59)71-67/h1-23,28-45H,24-27H2. The van der Waals surface area contributed by atoms with Crippen LogP contribution >= 0.6 is 0 Å². The molecule has 4 heterocycles. The quantitative estimate of drug-likeness (QED) is 0.116. The molecule has 4 heteroatoms. The van der Waals surface area contributed by atoms with Gasteiger partial charge < -0.3 is 4.42 Å². The van der Waals surface area contributed by atoms with E-state index in [1.54, 1.807) is 0 Å². The lowest BCUT2D eigenvalue weighted by Crippen LogP contribution is -1.99. The Morgan fingerprint density at radius 2 is 0.746 bits per heavy atom. The summed E-state index contributed by atoms with van der Waals surface area (Å²) in [6.45, 7) is 0. The van der Waals surface area contributed by atoms with E-state index in [2.05, 4.69) is 212 Å². The van der Waals surface area contributed by atoms with Gasteiger partial charge in [0.25, 0.3) is 0 Å².